The van der Waals surface area contributed by atoms with Crippen LogP contribution in [0.15, 0.2) is 41.3 Å². The highest BCUT2D eigenvalue weighted by molar-refractivity contribution is 9.10. The molecule has 0 fully saturated rings. The van der Waals surface area contributed by atoms with E-state index in [9.17, 15) is 4.79 Å². The van der Waals surface area contributed by atoms with E-state index in [0.29, 0.717) is 15.9 Å². The zero-order valence-corrected chi connectivity index (χ0v) is 10.7. The molecule has 0 aliphatic carbocycles. The molecule has 2 aromatic rings. The fraction of sp³-hybridized carbons (Fsp3) is 0.0833. The Kier molecular flexibility index (Phi) is 3.49. The van der Waals surface area contributed by atoms with Gasteiger partial charge in [-0.05, 0) is 46.6 Å². The predicted octanol–water partition coefficient (Wildman–Crippen LogP) is 2.80. The summed E-state index contributed by atoms with van der Waals surface area (Å²) in [5.41, 5.74) is 2.01. The molecular weight excluding hydrogens is 282 g/mol. The number of hydrogen-bond donors (Lipinski definition) is 1. The molecule has 5 heteroatoms. The van der Waals surface area contributed by atoms with Gasteiger partial charge in [0.2, 0.25) is 0 Å². The van der Waals surface area contributed by atoms with Gasteiger partial charge in [-0.2, -0.15) is 0 Å². The highest BCUT2D eigenvalue weighted by Crippen LogP contribution is 2.17. The Morgan fingerprint density at radius 2 is 2.18 bits per heavy atom. The van der Waals surface area contributed by atoms with Gasteiger partial charge in [0.05, 0.1) is 11.9 Å². The van der Waals surface area contributed by atoms with Gasteiger partial charge in [0, 0.05) is 16.9 Å². The Morgan fingerprint density at radius 1 is 1.35 bits per heavy atom. The summed E-state index contributed by atoms with van der Waals surface area (Å²) in [5, 5.41) is 2.77. The molecule has 2 heterocycles. The molecule has 2 rings (SSSR count). The minimum atomic E-state index is -0.256. The van der Waals surface area contributed by atoms with E-state index >= 15 is 0 Å². The van der Waals surface area contributed by atoms with Gasteiger partial charge in [-0.15, -0.1) is 0 Å². The number of halogens is 1. The Hall–Kier alpha value is -1.75. The Bertz CT molecular complexity index is 557. The van der Waals surface area contributed by atoms with Gasteiger partial charge in [-0.25, -0.2) is 4.98 Å². The van der Waals surface area contributed by atoms with E-state index in [1.807, 2.05) is 13.0 Å². The lowest BCUT2D eigenvalue weighted by atomic mass is 10.2. The van der Waals surface area contributed by atoms with Gasteiger partial charge < -0.3 is 5.32 Å². The molecule has 0 unspecified atom stereocenters. The lowest BCUT2D eigenvalue weighted by Gasteiger charge is -2.07. The third-order valence-electron chi connectivity index (χ3n) is 2.26. The van der Waals surface area contributed by atoms with Crippen molar-refractivity contribution in [2.45, 2.75) is 6.92 Å². The zero-order valence-electron chi connectivity index (χ0n) is 9.14. The van der Waals surface area contributed by atoms with E-state index in [2.05, 4.69) is 31.2 Å². The van der Waals surface area contributed by atoms with Gasteiger partial charge in [0.15, 0.2) is 0 Å². The number of pyridine rings is 2. The first-order chi connectivity index (χ1) is 8.18. The molecule has 0 saturated carbocycles. The summed E-state index contributed by atoms with van der Waals surface area (Å²) >= 11 is 3.29. The molecule has 0 spiro atoms. The third-order valence-corrected chi connectivity index (χ3v) is 2.90. The fourth-order valence-corrected chi connectivity index (χ4v) is 1.76. The SMILES string of the molecule is Cc1ccncc1NC(=O)c1ncccc1Br. The van der Waals surface area contributed by atoms with Crippen molar-refractivity contribution in [1.82, 2.24) is 9.97 Å². The normalized spacial score (nSPS) is 10.0. The molecule has 17 heavy (non-hydrogen) atoms. The van der Waals surface area contributed by atoms with Crippen LogP contribution in [0.2, 0.25) is 0 Å². The molecule has 0 atom stereocenters. The summed E-state index contributed by atoms with van der Waals surface area (Å²) in [4.78, 5) is 19.9. The molecule has 0 aliphatic heterocycles. The summed E-state index contributed by atoms with van der Waals surface area (Å²) < 4.78 is 0.666. The average molecular weight is 292 g/mol. The highest BCUT2D eigenvalue weighted by Gasteiger charge is 2.12. The standard InChI is InChI=1S/C12H10BrN3O/c1-8-4-6-14-7-10(8)16-12(17)11-9(13)3-2-5-15-11/h2-7H,1H3,(H,16,17). The van der Waals surface area contributed by atoms with E-state index < -0.39 is 0 Å². The molecule has 0 bridgehead atoms. The maximum absolute atomic E-state index is 12.0. The van der Waals surface area contributed by atoms with Crippen molar-refractivity contribution in [2.24, 2.45) is 0 Å². The molecule has 0 saturated heterocycles. The molecule has 0 aromatic carbocycles. The lowest BCUT2D eigenvalue weighted by molar-refractivity contribution is 0.102. The van der Waals surface area contributed by atoms with Crippen molar-refractivity contribution in [1.29, 1.82) is 0 Å². The second-order valence-corrected chi connectivity index (χ2v) is 4.33. The third kappa shape index (κ3) is 2.68. The molecular formula is C12H10BrN3O. The van der Waals surface area contributed by atoms with Crippen LogP contribution in [0.3, 0.4) is 0 Å². The second-order valence-electron chi connectivity index (χ2n) is 3.48. The number of aryl methyl sites for hydroxylation is 1. The van der Waals surface area contributed by atoms with E-state index in [0.717, 1.165) is 5.56 Å². The maximum Gasteiger partial charge on any atom is 0.275 e. The highest BCUT2D eigenvalue weighted by atomic mass is 79.9. The van der Waals surface area contributed by atoms with Crippen LogP contribution in [0, 0.1) is 6.92 Å². The number of nitrogens with one attached hydrogen (secondary N) is 1. The van der Waals surface area contributed by atoms with Gasteiger partial charge >= 0.3 is 0 Å². The molecule has 1 amide bonds. The number of carbonyl (C=O) groups excluding carboxylic acids is 1. The summed E-state index contributed by atoms with van der Waals surface area (Å²) in [5.74, 6) is -0.256. The largest absolute Gasteiger partial charge is 0.319 e. The van der Waals surface area contributed by atoms with Crippen LogP contribution in [0.1, 0.15) is 16.1 Å². The monoisotopic (exact) mass is 291 g/mol. The van der Waals surface area contributed by atoms with Crippen molar-refractivity contribution in [3.63, 3.8) is 0 Å². The van der Waals surface area contributed by atoms with Crippen molar-refractivity contribution in [2.75, 3.05) is 5.32 Å². The smallest absolute Gasteiger partial charge is 0.275 e. The molecule has 0 aliphatic rings. The summed E-state index contributed by atoms with van der Waals surface area (Å²) in [6.45, 7) is 1.91. The fourth-order valence-electron chi connectivity index (χ4n) is 1.33. The number of nitrogens with zero attached hydrogens (tertiary/aromatic N) is 2. The van der Waals surface area contributed by atoms with Crippen LogP contribution in [-0.2, 0) is 0 Å². The Balaban J connectivity index is 2.24. The van der Waals surface area contributed by atoms with Gasteiger partial charge in [0.1, 0.15) is 5.69 Å². The minimum Gasteiger partial charge on any atom is -0.319 e. The van der Waals surface area contributed by atoms with Crippen LogP contribution in [0.4, 0.5) is 5.69 Å². The summed E-state index contributed by atoms with van der Waals surface area (Å²) in [6, 6.07) is 5.37. The maximum atomic E-state index is 12.0. The first kappa shape index (κ1) is 11.7. The minimum absolute atomic E-state index is 0.256. The number of rotatable bonds is 2. The number of amides is 1. The van der Waals surface area contributed by atoms with E-state index in [-0.39, 0.29) is 5.91 Å². The zero-order chi connectivity index (χ0) is 12.3. The van der Waals surface area contributed by atoms with Crippen molar-refractivity contribution >= 4 is 27.5 Å². The lowest BCUT2D eigenvalue weighted by Crippen LogP contribution is -2.15. The molecule has 4 nitrogen and oxygen atoms in total. The quantitative estimate of drug-likeness (QED) is 0.926. The number of anilines is 1. The number of aromatic nitrogens is 2. The van der Waals surface area contributed by atoms with Crippen LogP contribution in [-0.4, -0.2) is 15.9 Å². The van der Waals surface area contributed by atoms with Crippen molar-refractivity contribution in [3.05, 3.63) is 52.5 Å². The Morgan fingerprint density at radius 3 is 2.88 bits per heavy atom. The number of hydrogen-bond acceptors (Lipinski definition) is 3. The Labute approximate surface area is 107 Å². The molecule has 1 N–H and O–H groups in total. The van der Waals surface area contributed by atoms with Crippen molar-refractivity contribution in [3.8, 4) is 0 Å². The first-order valence-corrected chi connectivity index (χ1v) is 5.80. The second kappa shape index (κ2) is 5.05. The predicted molar refractivity (Wildman–Crippen MR) is 68.9 cm³/mol. The van der Waals surface area contributed by atoms with Crippen LogP contribution >= 0.6 is 15.9 Å². The van der Waals surface area contributed by atoms with Crippen molar-refractivity contribution < 1.29 is 4.79 Å². The molecule has 86 valence electrons. The first-order valence-electron chi connectivity index (χ1n) is 5.01. The van der Waals surface area contributed by atoms with Crippen LogP contribution in [0.5, 0.6) is 0 Å². The topological polar surface area (TPSA) is 54.9 Å². The molecule has 2 aromatic heterocycles. The molecule has 0 radical (unpaired) electrons. The average Bonchev–Trinajstić information content (AvgIpc) is 2.32. The van der Waals surface area contributed by atoms with Gasteiger partial charge in [0.25, 0.3) is 5.91 Å². The van der Waals surface area contributed by atoms with Crippen LogP contribution < -0.4 is 5.32 Å². The van der Waals surface area contributed by atoms with E-state index in [1.54, 1.807) is 30.7 Å². The number of carbonyl (C=O) groups is 1. The summed E-state index contributed by atoms with van der Waals surface area (Å²) in [6.07, 6.45) is 4.88. The van der Waals surface area contributed by atoms with Gasteiger partial charge in [-0.3, -0.25) is 9.78 Å². The van der Waals surface area contributed by atoms with E-state index in [4.69, 9.17) is 0 Å². The van der Waals surface area contributed by atoms with Crippen LogP contribution in [0.25, 0.3) is 0 Å². The summed E-state index contributed by atoms with van der Waals surface area (Å²) in [7, 11) is 0. The van der Waals surface area contributed by atoms with Gasteiger partial charge in [-0.1, -0.05) is 0 Å². The van der Waals surface area contributed by atoms with E-state index in [1.165, 1.54) is 0 Å².